The number of anilines is 1. The number of rotatable bonds is 3. The Bertz CT molecular complexity index is 660. The highest BCUT2D eigenvalue weighted by Crippen LogP contribution is 2.38. The van der Waals surface area contributed by atoms with Crippen molar-refractivity contribution in [1.29, 1.82) is 0 Å². The minimum absolute atomic E-state index is 0.113. The highest BCUT2D eigenvalue weighted by atomic mass is 35.5. The van der Waals surface area contributed by atoms with E-state index in [1.807, 2.05) is 36.5 Å². The zero-order chi connectivity index (χ0) is 14.8. The minimum atomic E-state index is -0.246. The molecule has 1 aliphatic rings. The predicted molar refractivity (Wildman–Crippen MR) is 84.2 cm³/mol. The summed E-state index contributed by atoms with van der Waals surface area (Å²) < 4.78 is 0. The maximum atomic E-state index is 11.4. The number of benzene rings is 1. The predicted octanol–water partition coefficient (Wildman–Crippen LogP) is 2.71. The number of carbonyl (C=O) groups is 1. The number of pyridine rings is 1. The second-order valence-corrected chi connectivity index (χ2v) is 5.62. The Morgan fingerprint density at radius 3 is 2.71 bits per heavy atom. The number of primary amides is 1. The van der Waals surface area contributed by atoms with Crippen LogP contribution in [0.25, 0.3) is 11.1 Å². The van der Waals surface area contributed by atoms with Crippen LogP contribution in [0, 0.1) is 5.92 Å². The molecule has 2 aromatic rings. The highest BCUT2D eigenvalue weighted by molar-refractivity contribution is 6.33. The van der Waals surface area contributed by atoms with Crippen LogP contribution in [-0.4, -0.2) is 24.0 Å². The van der Waals surface area contributed by atoms with E-state index in [9.17, 15) is 4.79 Å². The van der Waals surface area contributed by atoms with Crippen molar-refractivity contribution in [3.63, 3.8) is 0 Å². The zero-order valence-electron chi connectivity index (χ0n) is 11.5. The minimum Gasteiger partial charge on any atom is -0.369 e. The Hall–Kier alpha value is -2.07. The molecule has 1 fully saturated rings. The second-order valence-electron chi connectivity index (χ2n) is 5.22. The summed E-state index contributed by atoms with van der Waals surface area (Å²) in [6.45, 7) is 1.38. The lowest BCUT2D eigenvalue weighted by molar-refractivity contribution is -0.121. The Labute approximate surface area is 128 Å². The zero-order valence-corrected chi connectivity index (χ0v) is 12.3. The van der Waals surface area contributed by atoms with Crippen LogP contribution in [0.3, 0.4) is 0 Å². The fourth-order valence-corrected chi connectivity index (χ4v) is 3.05. The van der Waals surface area contributed by atoms with E-state index in [4.69, 9.17) is 17.3 Å². The Kier molecular flexibility index (Phi) is 3.80. The molecule has 5 heteroatoms. The van der Waals surface area contributed by atoms with Gasteiger partial charge in [-0.2, -0.15) is 0 Å². The summed E-state index contributed by atoms with van der Waals surface area (Å²) in [5.41, 5.74) is 8.39. The molecule has 0 saturated carbocycles. The largest absolute Gasteiger partial charge is 0.369 e. The molecule has 1 aromatic carbocycles. The van der Waals surface area contributed by atoms with Crippen LogP contribution < -0.4 is 10.6 Å². The third kappa shape index (κ3) is 2.72. The van der Waals surface area contributed by atoms with Crippen LogP contribution in [0.2, 0.25) is 5.02 Å². The number of hydrogen-bond donors (Lipinski definition) is 1. The van der Waals surface area contributed by atoms with Gasteiger partial charge in [-0.05, 0) is 12.0 Å². The molecular formula is C16H16ClN3O. The van der Waals surface area contributed by atoms with Gasteiger partial charge in [0.1, 0.15) is 0 Å². The maximum absolute atomic E-state index is 11.4. The van der Waals surface area contributed by atoms with Crippen LogP contribution in [0.5, 0.6) is 0 Å². The van der Waals surface area contributed by atoms with Crippen molar-refractivity contribution >= 4 is 23.2 Å². The lowest BCUT2D eigenvalue weighted by Gasteiger charge is -2.23. The van der Waals surface area contributed by atoms with E-state index in [1.165, 1.54) is 0 Å². The smallest absolute Gasteiger partial charge is 0.222 e. The summed E-state index contributed by atoms with van der Waals surface area (Å²) in [7, 11) is 0. The second kappa shape index (κ2) is 5.74. The van der Waals surface area contributed by atoms with Gasteiger partial charge >= 0.3 is 0 Å². The van der Waals surface area contributed by atoms with E-state index in [2.05, 4.69) is 9.88 Å². The summed E-state index contributed by atoms with van der Waals surface area (Å²) in [6, 6.07) is 9.99. The van der Waals surface area contributed by atoms with Crippen molar-refractivity contribution in [3.8, 4) is 11.1 Å². The van der Waals surface area contributed by atoms with Crippen molar-refractivity contribution in [1.82, 2.24) is 4.98 Å². The average Bonchev–Trinajstić information content (AvgIpc) is 2.97. The highest BCUT2D eigenvalue weighted by Gasteiger charge is 2.29. The summed E-state index contributed by atoms with van der Waals surface area (Å²) in [4.78, 5) is 17.7. The molecule has 1 aliphatic heterocycles. The lowest BCUT2D eigenvalue weighted by Crippen LogP contribution is -2.27. The van der Waals surface area contributed by atoms with Crippen molar-refractivity contribution in [3.05, 3.63) is 47.7 Å². The molecule has 2 N–H and O–H groups in total. The number of hydrogen-bond acceptors (Lipinski definition) is 3. The monoisotopic (exact) mass is 301 g/mol. The van der Waals surface area contributed by atoms with Gasteiger partial charge in [-0.25, -0.2) is 0 Å². The number of aromatic nitrogens is 1. The van der Waals surface area contributed by atoms with Crippen LogP contribution in [-0.2, 0) is 4.79 Å². The van der Waals surface area contributed by atoms with Gasteiger partial charge in [-0.1, -0.05) is 41.9 Å². The number of amides is 1. The van der Waals surface area contributed by atoms with Gasteiger partial charge in [0, 0.05) is 31.0 Å². The molecule has 1 saturated heterocycles. The molecule has 1 atom stereocenters. The molecule has 0 unspecified atom stereocenters. The quantitative estimate of drug-likeness (QED) is 0.948. The van der Waals surface area contributed by atoms with Crippen LogP contribution >= 0.6 is 11.6 Å². The van der Waals surface area contributed by atoms with E-state index < -0.39 is 0 Å². The topological polar surface area (TPSA) is 59.2 Å². The van der Waals surface area contributed by atoms with Gasteiger partial charge < -0.3 is 10.6 Å². The van der Waals surface area contributed by atoms with Gasteiger partial charge in [0.25, 0.3) is 0 Å². The maximum Gasteiger partial charge on any atom is 0.222 e. The first kappa shape index (κ1) is 13.9. The van der Waals surface area contributed by atoms with Crippen LogP contribution in [0.1, 0.15) is 6.42 Å². The van der Waals surface area contributed by atoms with Crippen molar-refractivity contribution in [2.75, 3.05) is 18.0 Å². The molecule has 2 heterocycles. The molecule has 3 rings (SSSR count). The number of halogens is 1. The first-order valence-corrected chi connectivity index (χ1v) is 7.28. The Balaban J connectivity index is 2.01. The third-order valence-electron chi connectivity index (χ3n) is 3.86. The van der Waals surface area contributed by atoms with Crippen molar-refractivity contribution < 1.29 is 4.79 Å². The van der Waals surface area contributed by atoms with E-state index >= 15 is 0 Å². The molecule has 21 heavy (non-hydrogen) atoms. The van der Waals surface area contributed by atoms with E-state index in [0.29, 0.717) is 11.6 Å². The van der Waals surface area contributed by atoms with Crippen LogP contribution in [0.15, 0.2) is 42.7 Å². The lowest BCUT2D eigenvalue weighted by atomic mass is 10.1. The fourth-order valence-electron chi connectivity index (χ4n) is 2.77. The average molecular weight is 302 g/mol. The molecule has 0 spiro atoms. The molecule has 1 aromatic heterocycles. The van der Waals surface area contributed by atoms with Crippen LogP contribution in [0.4, 0.5) is 5.69 Å². The van der Waals surface area contributed by atoms with Crippen molar-refractivity contribution in [2.24, 2.45) is 11.7 Å². The Morgan fingerprint density at radius 2 is 2.05 bits per heavy atom. The summed E-state index contributed by atoms with van der Waals surface area (Å²) in [5.74, 6) is -0.359. The van der Waals surface area contributed by atoms with E-state index in [1.54, 1.807) is 6.20 Å². The first-order chi connectivity index (χ1) is 10.2. The van der Waals surface area contributed by atoms with Crippen molar-refractivity contribution in [2.45, 2.75) is 6.42 Å². The molecule has 108 valence electrons. The number of nitrogens with zero attached hydrogens (tertiary/aromatic N) is 2. The fraction of sp³-hybridized carbons (Fsp3) is 0.250. The van der Waals surface area contributed by atoms with E-state index in [0.717, 1.165) is 29.8 Å². The first-order valence-electron chi connectivity index (χ1n) is 6.90. The molecule has 0 aliphatic carbocycles. The normalized spacial score (nSPS) is 18.0. The molecule has 4 nitrogen and oxygen atoms in total. The standard InChI is InChI=1S/C16H16ClN3O/c17-14-9-19-8-13(11-4-2-1-3-5-11)15(14)20-7-6-12(10-20)16(18)21/h1-5,8-9,12H,6-7,10H2,(H2,18,21)/t12-/m0/s1. The molecule has 1 amide bonds. The number of nitrogens with two attached hydrogens (primary N) is 1. The molecule has 0 bridgehead atoms. The third-order valence-corrected chi connectivity index (χ3v) is 4.14. The van der Waals surface area contributed by atoms with Gasteiger partial charge in [-0.3, -0.25) is 9.78 Å². The number of carbonyl (C=O) groups excluding carboxylic acids is 1. The SMILES string of the molecule is NC(=O)[C@H]1CCN(c2c(Cl)cncc2-c2ccccc2)C1. The van der Waals surface area contributed by atoms with Gasteiger partial charge in [0.15, 0.2) is 0 Å². The van der Waals surface area contributed by atoms with Gasteiger partial charge in [0.2, 0.25) is 5.91 Å². The van der Waals surface area contributed by atoms with Gasteiger partial charge in [-0.15, -0.1) is 0 Å². The van der Waals surface area contributed by atoms with Gasteiger partial charge in [0.05, 0.1) is 16.6 Å². The Morgan fingerprint density at radius 1 is 1.29 bits per heavy atom. The molecule has 0 radical (unpaired) electrons. The summed E-state index contributed by atoms with van der Waals surface area (Å²) >= 11 is 6.37. The summed E-state index contributed by atoms with van der Waals surface area (Å²) in [5, 5.41) is 0.599. The molecular weight excluding hydrogens is 286 g/mol. The summed E-state index contributed by atoms with van der Waals surface area (Å²) in [6.07, 6.45) is 4.22. The van der Waals surface area contributed by atoms with E-state index in [-0.39, 0.29) is 11.8 Å².